The van der Waals surface area contributed by atoms with Gasteiger partial charge in [0, 0.05) is 50.8 Å². The smallest absolute Gasteiger partial charge is 0.254 e. The lowest BCUT2D eigenvalue weighted by molar-refractivity contribution is 0.100. The summed E-state index contributed by atoms with van der Waals surface area (Å²) in [6, 6.07) is 0.588. The SMILES string of the molecule is C=C(C)N1CCC(Nc2ncc(C(N)=O)c(NC3CCC(COC)CC3)n2)CC1. The Balaban J connectivity index is 1.62. The number of methoxy groups -OCH3 is 1. The number of nitrogens with one attached hydrogen (secondary N) is 2. The van der Waals surface area contributed by atoms with E-state index >= 15 is 0 Å². The van der Waals surface area contributed by atoms with Gasteiger partial charge < -0.3 is 26.0 Å². The summed E-state index contributed by atoms with van der Waals surface area (Å²) in [6.07, 6.45) is 7.79. The standard InChI is InChI=1S/C21H34N6O2/c1-14(2)27-10-8-17(9-11-27)25-21-23-12-18(19(22)28)20(26-21)24-16-6-4-15(5-7-16)13-29-3/h12,15-17H,1,4-11,13H2,2-3H3,(H2,22,28)(H2,23,24,25,26). The lowest BCUT2D eigenvalue weighted by Gasteiger charge is -2.34. The summed E-state index contributed by atoms with van der Waals surface area (Å²) in [5.74, 6) is 1.17. The van der Waals surface area contributed by atoms with Crippen LogP contribution in [-0.2, 0) is 4.74 Å². The first-order chi connectivity index (χ1) is 14.0. The monoisotopic (exact) mass is 402 g/mol. The Morgan fingerprint density at radius 1 is 1.21 bits per heavy atom. The van der Waals surface area contributed by atoms with E-state index in [1.54, 1.807) is 7.11 Å². The maximum absolute atomic E-state index is 11.9. The number of hydrogen-bond acceptors (Lipinski definition) is 7. The van der Waals surface area contributed by atoms with Crippen molar-refractivity contribution in [2.75, 3.05) is 37.4 Å². The Kier molecular flexibility index (Phi) is 7.30. The molecule has 1 aliphatic heterocycles. The molecule has 29 heavy (non-hydrogen) atoms. The second kappa shape index (κ2) is 9.91. The van der Waals surface area contributed by atoms with Gasteiger partial charge in [0.2, 0.25) is 5.95 Å². The molecule has 4 N–H and O–H groups in total. The fourth-order valence-corrected chi connectivity index (χ4v) is 4.23. The molecule has 160 valence electrons. The Bertz CT molecular complexity index is 709. The van der Waals surface area contributed by atoms with E-state index in [2.05, 4.69) is 32.1 Å². The minimum Gasteiger partial charge on any atom is -0.384 e. The second-order valence-corrected chi connectivity index (χ2v) is 8.28. The van der Waals surface area contributed by atoms with Crippen LogP contribution in [0.2, 0.25) is 0 Å². The van der Waals surface area contributed by atoms with Gasteiger partial charge in [0.05, 0.1) is 5.56 Å². The van der Waals surface area contributed by atoms with Crippen LogP contribution >= 0.6 is 0 Å². The van der Waals surface area contributed by atoms with Crippen molar-refractivity contribution in [1.82, 2.24) is 14.9 Å². The van der Waals surface area contributed by atoms with Crippen molar-refractivity contribution in [3.05, 3.63) is 24.0 Å². The van der Waals surface area contributed by atoms with Crippen molar-refractivity contribution < 1.29 is 9.53 Å². The van der Waals surface area contributed by atoms with E-state index < -0.39 is 5.91 Å². The van der Waals surface area contributed by atoms with Crippen LogP contribution in [0.25, 0.3) is 0 Å². The fraction of sp³-hybridized carbons (Fsp3) is 0.667. The number of nitrogens with two attached hydrogens (primary N) is 1. The van der Waals surface area contributed by atoms with E-state index in [9.17, 15) is 4.79 Å². The number of amides is 1. The molecule has 8 heteroatoms. The molecule has 0 spiro atoms. The van der Waals surface area contributed by atoms with Crippen molar-refractivity contribution >= 4 is 17.7 Å². The molecule has 0 radical (unpaired) electrons. The molecule has 0 atom stereocenters. The molecular weight excluding hydrogens is 368 g/mol. The summed E-state index contributed by atoms with van der Waals surface area (Å²) < 4.78 is 5.27. The van der Waals surface area contributed by atoms with E-state index in [-0.39, 0.29) is 6.04 Å². The molecule has 1 saturated carbocycles. The molecule has 0 bridgehead atoms. The molecule has 2 aliphatic rings. The van der Waals surface area contributed by atoms with Crippen LogP contribution < -0.4 is 16.4 Å². The van der Waals surface area contributed by atoms with E-state index in [0.29, 0.717) is 29.3 Å². The number of carbonyl (C=O) groups is 1. The molecule has 1 aromatic heterocycles. The topological polar surface area (TPSA) is 105 Å². The van der Waals surface area contributed by atoms with Crippen LogP contribution in [0.1, 0.15) is 55.8 Å². The number of carbonyl (C=O) groups excluding carboxylic acids is 1. The lowest BCUT2D eigenvalue weighted by Crippen LogP contribution is -2.38. The van der Waals surface area contributed by atoms with Crippen LogP contribution in [0.15, 0.2) is 18.5 Å². The largest absolute Gasteiger partial charge is 0.384 e. The van der Waals surface area contributed by atoms with Crippen LogP contribution in [0, 0.1) is 5.92 Å². The van der Waals surface area contributed by atoms with E-state index in [1.165, 1.54) is 6.20 Å². The van der Waals surface area contributed by atoms with Crippen LogP contribution in [0.3, 0.4) is 0 Å². The van der Waals surface area contributed by atoms with Crippen molar-refractivity contribution in [3.8, 4) is 0 Å². The third-order valence-corrected chi connectivity index (χ3v) is 6.01. The summed E-state index contributed by atoms with van der Waals surface area (Å²) >= 11 is 0. The van der Waals surface area contributed by atoms with E-state index in [4.69, 9.17) is 10.5 Å². The minimum atomic E-state index is -0.512. The number of aromatic nitrogens is 2. The Hall–Kier alpha value is -2.35. The van der Waals surface area contributed by atoms with Gasteiger partial charge in [-0.25, -0.2) is 4.98 Å². The van der Waals surface area contributed by atoms with Gasteiger partial charge in [0.15, 0.2) is 0 Å². The summed E-state index contributed by atoms with van der Waals surface area (Å²) in [5.41, 5.74) is 7.00. The molecule has 1 aromatic rings. The summed E-state index contributed by atoms with van der Waals surface area (Å²) in [5, 5.41) is 6.86. The zero-order valence-electron chi connectivity index (χ0n) is 17.6. The van der Waals surface area contributed by atoms with Crippen LogP contribution in [0.5, 0.6) is 0 Å². The maximum atomic E-state index is 11.9. The molecule has 0 aromatic carbocycles. The number of primary amides is 1. The van der Waals surface area contributed by atoms with Crippen molar-refractivity contribution in [2.45, 2.75) is 57.5 Å². The predicted octanol–water partition coefficient (Wildman–Crippen LogP) is 2.60. The van der Waals surface area contributed by atoms with Crippen LogP contribution in [0.4, 0.5) is 11.8 Å². The molecule has 1 aliphatic carbocycles. The number of piperidine rings is 1. The highest BCUT2D eigenvalue weighted by molar-refractivity contribution is 5.97. The third-order valence-electron chi connectivity index (χ3n) is 6.01. The van der Waals surface area contributed by atoms with Crippen molar-refractivity contribution in [3.63, 3.8) is 0 Å². The number of nitrogens with zero attached hydrogens (tertiary/aromatic N) is 3. The number of ether oxygens (including phenoxy) is 1. The first-order valence-electron chi connectivity index (χ1n) is 10.6. The zero-order chi connectivity index (χ0) is 20.8. The average Bonchev–Trinajstić information content (AvgIpc) is 2.70. The minimum absolute atomic E-state index is 0.280. The van der Waals surface area contributed by atoms with Gasteiger partial charge in [-0.2, -0.15) is 4.98 Å². The Morgan fingerprint density at radius 3 is 2.45 bits per heavy atom. The Labute approximate surface area is 173 Å². The fourth-order valence-electron chi connectivity index (χ4n) is 4.23. The lowest BCUT2D eigenvalue weighted by atomic mass is 9.86. The van der Waals surface area contributed by atoms with E-state index in [0.717, 1.165) is 63.9 Å². The number of hydrogen-bond donors (Lipinski definition) is 3. The number of anilines is 2. The number of likely N-dealkylation sites (tertiary alicyclic amines) is 1. The van der Waals surface area contributed by atoms with Gasteiger partial charge in [-0.1, -0.05) is 6.58 Å². The number of allylic oxidation sites excluding steroid dienone is 1. The molecule has 1 saturated heterocycles. The maximum Gasteiger partial charge on any atom is 0.254 e. The number of rotatable bonds is 8. The van der Waals surface area contributed by atoms with Gasteiger partial charge in [-0.3, -0.25) is 4.79 Å². The van der Waals surface area contributed by atoms with Crippen molar-refractivity contribution in [2.24, 2.45) is 11.7 Å². The first kappa shape index (κ1) is 21.4. The summed E-state index contributed by atoms with van der Waals surface area (Å²) in [6.45, 7) is 8.82. The molecule has 1 amide bonds. The summed E-state index contributed by atoms with van der Waals surface area (Å²) in [4.78, 5) is 23.1. The molecule has 2 heterocycles. The second-order valence-electron chi connectivity index (χ2n) is 8.28. The summed E-state index contributed by atoms with van der Waals surface area (Å²) in [7, 11) is 1.75. The zero-order valence-corrected chi connectivity index (χ0v) is 17.6. The highest BCUT2D eigenvalue weighted by Crippen LogP contribution is 2.27. The highest BCUT2D eigenvalue weighted by atomic mass is 16.5. The molecule has 2 fully saturated rings. The molecular formula is C21H34N6O2. The third kappa shape index (κ3) is 5.82. The average molecular weight is 403 g/mol. The van der Waals surface area contributed by atoms with Gasteiger partial charge in [0.1, 0.15) is 5.82 Å². The van der Waals surface area contributed by atoms with Gasteiger partial charge in [0.25, 0.3) is 5.91 Å². The van der Waals surface area contributed by atoms with Gasteiger partial charge in [-0.05, 0) is 51.4 Å². The van der Waals surface area contributed by atoms with E-state index in [1.807, 2.05) is 6.92 Å². The Morgan fingerprint density at radius 2 is 1.86 bits per heavy atom. The highest BCUT2D eigenvalue weighted by Gasteiger charge is 2.24. The molecule has 3 rings (SSSR count). The normalized spacial score (nSPS) is 22.9. The van der Waals surface area contributed by atoms with Gasteiger partial charge in [-0.15, -0.1) is 0 Å². The van der Waals surface area contributed by atoms with Crippen LogP contribution in [-0.4, -0.2) is 59.7 Å². The first-order valence-corrected chi connectivity index (χ1v) is 10.6. The predicted molar refractivity (Wildman–Crippen MR) is 115 cm³/mol. The molecule has 0 unspecified atom stereocenters. The van der Waals surface area contributed by atoms with Crippen molar-refractivity contribution in [1.29, 1.82) is 0 Å². The quantitative estimate of drug-likeness (QED) is 0.614. The van der Waals surface area contributed by atoms with Gasteiger partial charge >= 0.3 is 0 Å². The molecule has 8 nitrogen and oxygen atoms in total.